The molecule has 1 aromatic carbocycles. The first-order valence-corrected chi connectivity index (χ1v) is 5.34. The number of carbonyl (C=O) groups is 1. The van der Waals surface area contributed by atoms with E-state index in [0.29, 0.717) is 12.1 Å². The van der Waals surface area contributed by atoms with Crippen LogP contribution in [-0.4, -0.2) is 28.3 Å². The molecule has 0 aromatic heterocycles. The highest BCUT2D eigenvalue weighted by Gasteiger charge is 2.41. The molecule has 0 bridgehead atoms. The molecule has 3 N–H and O–H groups in total. The van der Waals surface area contributed by atoms with Crippen molar-refractivity contribution in [3.8, 4) is 0 Å². The summed E-state index contributed by atoms with van der Waals surface area (Å²) < 4.78 is 0. The Kier molecular flexibility index (Phi) is 2.94. The van der Waals surface area contributed by atoms with E-state index < -0.39 is 5.97 Å². The first-order chi connectivity index (χ1) is 7.67. The van der Waals surface area contributed by atoms with Crippen molar-refractivity contribution in [1.29, 1.82) is 0 Å². The Labute approximate surface area is 93.9 Å². The van der Waals surface area contributed by atoms with Crippen molar-refractivity contribution in [2.45, 2.75) is 24.9 Å². The zero-order valence-electron chi connectivity index (χ0n) is 8.94. The van der Waals surface area contributed by atoms with Gasteiger partial charge in [0.2, 0.25) is 0 Å². The van der Waals surface area contributed by atoms with Crippen LogP contribution >= 0.6 is 0 Å². The summed E-state index contributed by atoms with van der Waals surface area (Å²) in [5, 5.41) is 21.3. The smallest absolute Gasteiger partial charge is 0.336 e. The van der Waals surface area contributed by atoms with Crippen LogP contribution in [0.5, 0.6) is 0 Å². The third-order valence-electron chi connectivity index (χ3n) is 3.06. The molecule has 1 aromatic rings. The normalized spacial score (nSPS) is 17.1. The van der Waals surface area contributed by atoms with Crippen LogP contribution < -0.4 is 5.32 Å². The molecule has 0 atom stereocenters. The summed E-state index contributed by atoms with van der Waals surface area (Å²) in [7, 11) is 0. The van der Waals surface area contributed by atoms with Crippen LogP contribution in [0.25, 0.3) is 0 Å². The van der Waals surface area contributed by atoms with Gasteiger partial charge in [-0.2, -0.15) is 0 Å². The maximum absolute atomic E-state index is 11.0. The lowest BCUT2D eigenvalue weighted by atomic mass is 10.1. The standard InChI is InChI=1S/C12H15NO3/c14-8-12(5-6-12)13-7-9-3-1-2-4-10(9)11(15)16/h1-4,13-14H,5-8H2,(H,15,16). The van der Waals surface area contributed by atoms with Crippen molar-refractivity contribution < 1.29 is 15.0 Å². The van der Waals surface area contributed by atoms with Crippen molar-refractivity contribution >= 4 is 5.97 Å². The molecule has 86 valence electrons. The minimum Gasteiger partial charge on any atom is -0.478 e. The minimum absolute atomic E-state index is 0.113. The first-order valence-electron chi connectivity index (χ1n) is 5.34. The van der Waals surface area contributed by atoms with Gasteiger partial charge in [-0.25, -0.2) is 4.79 Å². The molecular formula is C12H15NO3. The summed E-state index contributed by atoms with van der Waals surface area (Å²) in [4.78, 5) is 11.0. The number of aromatic carboxylic acids is 1. The average molecular weight is 221 g/mol. The molecule has 2 rings (SSSR count). The van der Waals surface area contributed by atoms with Crippen LogP contribution in [0.2, 0.25) is 0 Å². The second-order valence-corrected chi connectivity index (χ2v) is 4.25. The Hall–Kier alpha value is -1.39. The molecule has 0 amide bonds. The van der Waals surface area contributed by atoms with E-state index in [4.69, 9.17) is 10.2 Å². The second kappa shape index (κ2) is 4.23. The highest BCUT2D eigenvalue weighted by atomic mass is 16.4. The van der Waals surface area contributed by atoms with Crippen LogP contribution in [0.4, 0.5) is 0 Å². The van der Waals surface area contributed by atoms with Crippen LogP contribution in [-0.2, 0) is 6.54 Å². The molecule has 1 fully saturated rings. The summed E-state index contributed by atoms with van der Waals surface area (Å²) in [6.45, 7) is 0.602. The summed E-state index contributed by atoms with van der Waals surface area (Å²) in [6, 6.07) is 6.93. The van der Waals surface area contributed by atoms with Crippen LogP contribution in [0.15, 0.2) is 24.3 Å². The third-order valence-corrected chi connectivity index (χ3v) is 3.06. The van der Waals surface area contributed by atoms with Gasteiger partial charge in [-0.05, 0) is 24.5 Å². The van der Waals surface area contributed by atoms with E-state index >= 15 is 0 Å². The van der Waals surface area contributed by atoms with Crippen LogP contribution in [0.3, 0.4) is 0 Å². The number of rotatable bonds is 5. The zero-order valence-corrected chi connectivity index (χ0v) is 8.94. The first kappa shape index (κ1) is 11.1. The maximum Gasteiger partial charge on any atom is 0.336 e. The van der Waals surface area contributed by atoms with E-state index in [-0.39, 0.29) is 12.1 Å². The predicted molar refractivity (Wildman–Crippen MR) is 59.3 cm³/mol. The lowest BCUT2D eigenvalue weighted by Gasteiger charge is -2.15. The molecule has 1 aliphatic rings. The number of aliphatic hydroxyl groups excluding tert-OH is 1. The van der Waals surface area contributed by atoms with Gasteiger partial charge in [-0.1, -0.05) is 18.2 Å². The molecule has 0 spiro atoms. The highest BCUT2D eigenvalue weighted by molar-refractivity contribution is 5.89. The number of aliphatic hydroxyl groups is 1. The summed E-state index contributed by atoms with van der Waals surface area (Å²) >= 11 is 0. The minimum atomic E-state index is -0.911. The van der Waals surface area contributed by atoms with E-state index in [2.05, 4.69) is 5.32 Å². The number of hydrogen-bond donors (Lipinski definition) is 3. The number of hydrogen-bond acceptors (Lipinski definition) is 3. The van der Waals surface area contributed by atoms with Gasteiger partial charge < -0.3 is 15.5 Å². The van der Waals surface area contributed by atoms with Gasteiger partial charge in [0.05, 0.1) is 12.2 Å². The predicted octanol–water partition coefficient (Wildman–Crippen LogP) is 0.999. The lowest BCUT2D eigenvalue weighted by Crippen LogP contribution is -2.34. The Morgan fingerprint density at radius 1 is 1.38 bits per heavy atom. The van der Waals surface area contributed by atoms with Crippen molar-refractivity contribution in [2.24, 2.45) is 0 Å². The van der Waals surface area contributed by atoms with E-state index in [1.165, 1.54) is 0 Å². The molecule has 0 radical (unpaired) electrons. The number of benzene rings is 1. The van der Waals surface area contributed by atoms with Crippen LogP contribution in [0.1, 0.15) is 28.8 Å². The second-order valence-electron chi connectivity index (χ2n) is 4.25. The molecule has 0 unspecified atom stereocenters. The molecule has 4 nitrogen and oxygen atoms in total. The SMILES string of the molecule is O=C(O)c1ccccc1CNC1(CO)CC1. The van der Waals surface area contributed by atoms with E-state index in [1.54, 1.807) is 18.2 Å². The van der Waals surface area contributed by atoms with Crippen molar-refractivity contribution in [3.05, 3.63) is 35.4 Å². The molecule has 1 saturated carbocycles. The largest absolute Gasteiger partial charge is 0.478 e. The van der Waals surface area contributed by atoms with Gasteiger partial charge in [0.25, 0.3) is 0 Å². The van der Waals surface area contributed by atoms with Gasteiger partial charge in [0, 0.05) is 12.1 Å². The van der Waals surface area contributed by atoms with Crippen LogP contribution in [0, 0.1) is 0 Å². The Balaban J connectivity index is 2.06. The topological polar surface area (TPSA) is 69.6 Å². The molecular weight excluding hydrogens is 206 g/mol. The van der Waals surface area contributed by atoms with Gasteiger partial charge in [-0.3, -0.25) is 0 Å². The molecule has 0 aliphatic heterocycles. The van der Waals surface area contributed by atoms with Gasteiger partial charge in [0.15, 0.2) is 0 Å². The Morgan fingerprint density at radius 2 is 2.06 bits per heavy atom. The number of carboxylic acids is 1. The third kappa shape index (κ3) is 2.23. The van der Waals surface area contributed by atoms with Gasteiger partial charge in [-0.15, -0.1) is 0 Å². The summed E-state index contributed by atoms with van der Waals surface area (Å²) in [5.74, 6) is -0.911. The molecule has 0 saturated heterocycles. The fraction of sp³-hybridized carbons (Fsp3) is 0.417. The highest BCUT2D eigenvalue weighted by Crippen LogP contribution is 2.34. The van der Waals surface area contributed by atoms with E-state index in [9.17, 15) is 4.79 Å². The Bertz CT molecular complexity index is 399. The fourth-order valence-corrected chi connectivity index (χ4v) is 1.71. The summed E-state index contributed by atoms with van der Waals surface area (Å²) in [6.07, 6.45) is 1.91. The zero-order chi connectivity index (χ0) is 11.6. The van der Waals surface area contributed by atoms with Crippen molar-refractivity contribution in [3.63, 3.8) is 0 Å². The summed E-state index contributed by atoms with van der Waals surface area (Å²) in [5.41, 5.74) is 0.921. The van der Waals surface area contributed by atoms with E-state index in [1.807, 2.05) is 6.07 Å². The maximum atomic E-state index is 11.0. The van der Waals surface area contributed by atoms with Crippen molar-refractivity contribution in [1.82, 2.24) is 5.32 Å². The van der Waals surface area contributed by atoms with Crippen molar-refractivity contribution in [2.75, 3.05) is 6.61 Å². The monoisotopic (exact) mass is 221 g/mol. The molecule has 0 heterocycles. The molecule has 16 heavy (non-hydrogen) atoms. The fourth-order valence-electron chi connectivity index (χ4n) is 1.71. The lowest BCUT2D eigenvalue weighted by molar-refractivity contribution is 0.0695. The van der Waals surface area contributed by atoms with E-state index in [0.717, 1.165) is 18.4 Å². The number of carboxylic acid groups (broad SMARTS) is 1. The molecule has 4 heteroatoms. The molecule has 1 aliphatic carbocycles. The number of nitrogens with one attached hydrogen (secondary N) is 1. The quantitative estimate of drug-likeness (QED) is 0.693. The van der Waals surface area contributed by atoms with Gasteiger partial charge in [0.1, 0.15) is 0 Å². The Morgan fingerprint density at radius 3 is 2.62 bits per heavy atom. The van der Waals surface area contributed by atoms with Gasteiger partial charge >= 0.3 is 5.97 Å². The average Bonchev–Trinajstić information content (AvgIpc) is 3.07.